The van der Waals surface area contributed by atoms with Gasteiger partial charge in [-0.15, -0.1) is 10.2 Å². The second-order valence-corrected chi connectivity index (χ2v) is 6.87. The van der Waals surface area contributed by atoms with E-state index in [1.54, 1.807) is 24.3 Å². The van der Waals surface area contributed by atoms with Crippen LogP contribution >= 0.6 is 23.1 Å². The summed E-state index contributed by atoms with van der Waals surface area (Å²) >= 11 is 2.54. The van der Waals surface area contributed by atoms with E-state index in [1.807, 2.05) is 6.92 Å². The molecule has 1 unspecified atom stereocenters. The lowest BCUT2D eigenvalue weighted by Gasteiger charge is -2.12. The van der Waals surface area contributed by atoms with Gasteiger partial charge in [-0.1, -0.05) is 35.2 Å². The fourth-order valence-electron chi connectivity index (χ4n) is 2.03. The van der Waals surface area contributed by atoms with Gasteiger partial charge in [0.1, 0.15) is 5.82 Å². The number of imidazole rings is 1. The molecule has 0 saturated carbocycles. The number of alkyl halides is 2. The molecule has 0 radical (unpaired) electrons. The SMILES string of the molecule is CC(Sc1nnc(N)s1)c1nc2ccccc2n1C(F)F. The second kappa shape index (κ2) is 5.57. The fraction of sp³-hybridized carbons (Fsp3) is 0.250. The molecule has 9 heteroatoms. The van der Waals surface area contributed by atoms with Gasteiger partial charge in [0.15, 0.2) is 4.34 Å². The molecule has 0 aliphatic rings. The van der Waals surface area contributed by atoms with E-state index in [0.29, 0.717) is 26.3 Å². The van der Waals surface area contributed by atoms with E-state index in [1.165, 1.54) is 23.1 Å². The van der Waals surface area contributed by atoms with Crippen LogP contribution in [0.15, 0.2) is 28.6 Å². The molecule has 1 aromatic carbocycles. The minimum Gasteiger partial charge on any atom is -0.374 e. The first-order valence-corrected chi connectivity index (χ1v) is 7.76. The van der Waals surface area contributed by atoms with Crippen LogP contribution in [0.1, 0.15) is 24.5 Å². The molecule has 2 aromatic heterocycles. The number of para-hydroxylation sites is 2. The van der Waals surface area contributed by atoms with Gasteiger partial charge in [-0.3, -0.25) is 4.57 Å². The van der Waals surface area contributed by atoms with Gasteiger partial charge in [0.2, 0.25) is 5.13 Å². The topological polar surface area (TPSA) is 69.6 Å². The van der Waals surface area contributed by atoms with Crippen LogP contribution in [-0.2, 0) is 0 Å². The first kappa shape index (κ1) is 14.2. The van der Waals surface area contributed by atoms with Crippen molar-refractivity contribution in [2.75, 3.05) is 5.73 Å². The predicted molar refractivity (Wildman–Crippen MR) is 79.6 cm³/mol. The molecule has 110 valence electrons. The van der Waals surface area contributed by atoms with Crippen LogP contribution in [0, 0.1) is 0 Å². The maximum Gasteiger partial charge on any atom is 0.320 e. The van der Waals surface area contributed by atoms with E-state index >= 15 is 0 Å². The standard InChI is InChI=1S/C12H11F2N5S2/c1-6(20-12-18-17-11(15)21-12)9-16-7-4-2-3-5-8(7)19(9)10(13)14/h2-6,10H,1H3,(H2,15,17). The first-order chi connectivity index (χ1) is 10.1. The van der Waals surface area contributed by atoms with Gasteiger partial charge in [0, 0.05) is 0 Å². The average Bonchev–Trinajstić information content (AvgIpc) is 3.02. The van der Waals surface area contributed by atoms with Crippen LogP contribution in [0.2, 0.25) is 0 Å². The van der Waals surface area contributed by atoms with Gasteiger partial charge < -0.3 is 5.73 Å². The number of thioether (sulfide) groups is 1. The van der Waals surface area contributed by atoms with Crippen LogP contribution in [0.25, 0.3) is 11.0 Å². The lowest BCUT2D eigenvalue weighted by Crippen LogP contribution is -2.06. The third kappa shape index (κ3) is 2.70. The molecule has 2 N–H and O–H groups in total. The number of rotatable bonds is 4. The number of hydrogen-bond acceptors (Lipinski definition) is 6. The zero-order chi connectivity index (χ0) is 15.0. The van der Waals surface area contributed by atoms with Gasteiger partial charge >= 0.3 is 6.55 Å². The van der Waals surface area contributed by atoms with Crippen molar-refractivity contribution in [3.8, 4) is 0 Å². The maximum atomic E-state index is 13.4. The summed E-state index contributed by atoms with van der Waals surface area (Å²) in [5.74, 6) is 0.310. The van der Waals surface area contributed by atoms with Gasteiger partial charge in [0.05, 0.1) is 16.3 Å². The summed E-state index contributed by atoms with van der Waals surface area (Å²) < 4.78 is 28.3. The average molecular weight is 327 g/mol. The molecule has 0 bridgehead atoms. The summed E-state index contributed by atoms with van der Waals surface area (Å²) in [5.41, 5.74) is 6.50. The lowest BCUT2D eigenvalue weighted by molar-refractivity contribution is 0.0715. The van der Waals surface area contributed by atoms with E-state index in [9.17, 15) is 8.78 Å². The van der Waals surface area contributed by atoms with Gasteiger partial charge in [-0.25, -0.2) is 4.98 Å². The van der Waals surface area contributed by atoms with Crippen molar-refractivity contribution >= 4 is 39.3 Å². The Kier molecular flexibility index (Phi) is 3.77. The summed E-state index contributed by atoms with van der Waals surface area (Å²) in [4.78, 5) is 4.32. The number of benzene rings is 1. The molecule has 0 saturated heterocycles. The number of hydrogen-bond donors (Lipinski definition) is 1. The lowest BCUT2D eigenvalue weighted by atomic mass is 10.3. The molecule has 3 aromatic rings. The van der Waals surface area contributed by atoms with Crippen LogP contribution in [0.4, 0.5) is 13.9 Å². The Morgan fingerprint density at radius 1 is 1.29 bits per heavy atom. The molecule has 0 amide bonds. The highest BCUT2D eigenvalue weighted by Gasteiger charge is 2.23. The monoisotopic (exact) mass is 327 g/mol. The largest absolute Gasteiger partial charge is 0.374 e. The molecule has 0 aliphatic carbocycles. The molecule has 0 spiro atoms. The predicted octanol–water partition coefficient (Wildman–Crippen LogP) is 3.72. The molecule has 1 atom stereocenters. The highest BCUT2D eigenvalue weighted by atomic mass is 32.2. The van der Waals surface area contributed by atoms with Crippen LogP contribution in [0.3, 0.4) is 0 Å². The van der Waals surface area contributed by atoms with E-state index in [-0.39, 0.29) is 5.25 Å². The Bertz CT molecular complexity index is 770. The van der Waals surface area contributed by atoms with E-state index in [2.05, 4.69) is 15.2 Å². The highest BCUT2D eigenvalue weighted by Crippen LogP contribution is 2.38. The number of anilines is 1. The second-order valence-electron chi connectivity index (χ2n) is 4.27. The maximum absolute atomic E-state index is 13.4. The number of nitrogens with two attached hydrogens (primary N) is 1. The normalized spacial score (nSPS) is 13.1. The van der Waals surface area contributed by atoms with Crippen molar-refractivity contribution in [3.63, 3.8) is 0 Å². The molecule has 3 rings (SSSR count). The summed E-state index contributed by atoms with van der Waals surface area (Å²) in [6.45, 7) is -0.836. The molecular formula is C12H11F2N5S2. The van der Waals surface area contributed by atoms with Gasteiger partial charge in [0.25, 0.3) is 0 Å². The quantitative estimate of drug-likeness (QED) is 0.740. The van der Waals surface area contributed by atoms with E-state index in [4.69, 9.17) is 5.73 Å². The highest BCUT2D eigenvalue weighted by molar-refractivity contribution is 8.01. The summed E-state index contributed by atoms with van der Waals surface area (Å²) in [6, 6.07) is 6.85. The Hall–Kier alpha value is -1.74. The van der Waals surface area contributed by atoms with Crippen molar-refractivity contribution in [1.82, 2.24) is 19.7 Å². The summed E-state index contributed by atoms with van der Waals surface area (Å²) in [7, 11) is 0. The molecule has 2 heterocycles. The van der Waals surface area contributed by atoms with E-state index in [0.717, 1.165) is 4.57 Å². The minimum absolute atomic E-state index is 0.293. The number of aromatic nitrogens is 4. The van der Waals surface area contributed by atoms with E-state index < -0.39 is 6.55 Å². The first-order valence-electron chi connectivity index (χ1n) is 6.07. The minimum atomic E-state index is -2.64. The zero-order valence-corrected chi connectivity index (χ0v) is 12.5. The van der Waals surface area contributed by atoms with Crippen molar-refractivity contribution in [2.24, 2.45) is 0 Å². The van der Waals surface area contributed by atoms with Crippen LogP contribution < -0.4 is 5.73 Å². The molecule has 5 nitrogen and oxygen atoms in total. The number of nitrogen functional groups attached to an aromatic ring is 1. The molecular weight excluding hydrogens is 316 g/mol. The summed E-state index contributed by atoms with van der Waals surface area (Å²) in [5, 5.41) is 7.67. The van der Waals surface area contributed by atoms with Crippen molar-refractivity contribution in [2.45, 2.75) is 23.1 Å². The Morgan fingerprint density at radius 2 is 2.05 bits per heavy atom. The molecule has 0 aliphatic heterocycles. The molecule has 0 fully saturated rings. The van der Waals surface area contributed by atoms with Crippen LogP contribution in [0.5, 0.6) is 0 Å². The van der Waals surface area contributed by atoms with Crippen molar-refractivity contribution in [1.29, 1.82) is 0 Å². The van der Waals surface area contributed by atoms with Crippen molar-refractivity contribution in [3.05, 3.63) is 30.1 Å². The Balaban J connectivity index is 2.00. The fourth-order valence-corrected chi connectivity index (χ4v) is 3.91. The smallest absolute Gasteiger partial charge is 0.320 e. The number of nitrogens with zero attached hydrogens (tertiary/aromatic N) is 4. The third-order valence-electron chi connectivity index (χ3n) is 2.88. The van der Waals surface area contributed by atoms with Gasteiger partial charge in [-0.05, 0) is 19.1 Å². The van der Waals surface area contributed by atoms with Gasteiger partial charge in [-0.2, -0.15) is 8.78 Å². The number of fused-ring (bicyclic) bond motifs is 1. The summed E-state index contributed by atoms with van der Waals surface area (Å²) in [6.07, 6.45) is 0. The zero-order valence-electron chi connectivity index (χ0n) is 10.9. The Morgan fingerprint density at radius 3 is 2.71 bits per heavy atom. The third-order valence-corrected chi connectivity index (χ3v) is 4.81. The van der Waals surface area contributed by atoms with Crippen LogP contribution in [-0.4, -0.2) is 19.7 Å². The van der Waals surface area contributed by atoms with Crippen molar-refractivity contribution < 1.29 is 8.78 Å². The molecule has 21 heavy (non-hydrogen) atoms. The Labute approximate surface area is 127 Å². The number of halogens is 2.